The molecule has 2 rings (SSSR count). The van der Waals surface area contributed by atoms with Crippen LogP contribution in [0.2, 0.25) is 0 Å². The van der Waals surface area contributed by atoms with E-state index < -0.39 is 0 Å². The van der Waals surface area contributed by atoms with Gasteiger partial charge in [-0.3, -0.25) is 0 Å². The Morgan fingerprint density at radius 2 is 1.94 bits per heavy atom. The van der Waals surface area contributed by atoms with Gasteiger partial charge >= 0.3 is 0 Å². The highest BCUT2D eigenvalue weighted by Crippen LogP contribution is 2.37. The van der Waals surface area contributed by atoms with Gasteiger partial charge in [-0.05, 0) is 43.9 Å². The Kier molecular flexibility index (Phi) is 5.53. The second kappa shape index (κ2) is 7.16. The van der Waals surface area contributed by atoms with Crippen LogP contribution < -0.4 is 0 Å². The summed E-state index contributed by atoms with van der Waals surface area (Å²) in [6.07, 6.45) is 19.0. The van der Waals surface area contributed by atoms with Crippen molar-refractivity contribution in [2.24, 2.45) is 11.8 Å². The van der Waals surface area contributed by atoms with Crippen molar-refractivity contribution in [1.82, 2.24) is 0 Å². The minimum atomic E-state index is 0.941. The molecule has 0 N–H and O–H groups in total. The van der Waals surface area contributed by atoms with Crippen LogP contribution in [0.3, 0.4) is 0 Å². The predicted molar refractivity (Wildman–Crippen MR) is 80.7 cm³/mol. The maximum atomic E-state index is 2.55. The molecule has 0 nitrogen and oxygen atoms in total. The summed E-state index contributed by atoms with van der Waals surface area (Å²) in [6.45, 7) is 4.67. The van der Waals surface area contributed by atoms with Gasteiger partial charge < -0.3 is 0 Å². The second-order valence-corrected chi connectivity index (χ2v) is 6.29. The summed E-state index contributed by atoms with van der Waals surface area (Å²) >= 11 is 0. The van der Waals surface area contributed by atoms with Crippen molar-refractivity contribution in [3.63, 3.8) is 0 Å². The first-order valence-corrected chi connectivity index (χ1v) is 8.23. The van der Waals surface area contributed by atoms with E-state index in [9.17, 15) is 0 Å². The topological polar surface area (TPSA) is 0 Å². The van der Waals surface area contributed by atoms with E-state index >= 15 is 0 Å². The average molecular weight is 246 g/mol. The average Bonchev–Trinajstić information content (AvgIpc) is 3.04. The summed E-state index contributed by atoms with van der Waals surface area (Å²) in [5.74, 6) is 1.90. The monoisotopic (exact) mass is 246 g/mol. The number of hydrogen-bond donors (Lipinski definition) is 0. The van der Waals surface area contributed by atoms with Gasteiger partial charge in [0.2, 0.25) is 0 Å². The van der Waals surface area contributed by atoms with Crippen molar-refractivity contribution in [2.45, 2.75) is 78.1 Å². The lowest BCUT2D eigenvalue weighted by molar-refractivity contribution is 0.433. The van der Waals surface area contributed by atoms with Crippen LogP contribution in [0, 0.1) is 11.8 Å². The van der Waals surface area contributed by atoms with E-state index in [1.54, 1.807) is 11.1 Å². The van der Waals surface area contributed by atoms with E-state index in [4.69, 9.17) is 0 Å². The highest BCUT2D eigenvalue weighted by atomic mass is 14.3. The van der Waals surface area contributed by atoms with E-state index in [2.05, 4.69) is 26.0 Å². The van der Waals surface area contributed by atoms with Gasteiger partial charge in [0.05, 0.1) is 0 Å². The zero-order valence-electron chi connectivity index (χ0n) is 12.4. The summed E-state index contributed by atoms with van der Waals surface area (Å²) in [6, 6.07) is 0. The van der Waals surface area contributed by atoms with Gasteiger partial charge in [0, 0.05) is 0 Å². The molecule has 0 aromatic heterocycles. The third-order valence-corrected chi connectivity index (χ3v) is 4.97. The lowest BCUT2D eigenvalue weighted by atomic mass is 9.93. The predicted octanol–water partition coefficient (Wildman–Crippen LogP) is 6.04. The summed E-state index contributed by atoms with van der Waals surface area (Å²) in [5, 5.41) is 0. The molecule has 1 fully saturated rings. The van der Waals surface area contributed by atoms with Crippen LogP contribution in [0.15, 0.2) is 23.3 Å². The van der Waals surface area contributed by atoms with E-state index in [0.29, 0.717) is 0 Å². The quantitative estimate of drug-likeness (QED) is 0.513. The molecule has 0 spiro atoms. The molecule has 18 heavy (non-hydrogen) atoms. The normalized spacial score (nSPS) is 22.1. The molecule has 0 aromatic carbocycles. The molecule has 0 saturated heterocycles. The first-order valence-electron chi connectivity index (χ1n) is 8.23. The fourth-order valence-corrected chi connectivity index (χ4v) is 3.69. The molecule has 1 unspecified atom stereocenters. The van der Waals surface area contributed by atoms with Crippen LogP contribution in [0.1, 0.15) is 78.1 Å². The van der Waals surface area contributed by atoms with Crippen LogP contribution in [-0.4, -0.2) is 0 Å². The van der Waals surface area contributed by atoms with Gasteiger partial charge in [0.1, 0.15) is 0 Å². The zero-order chi connectivity index (χ0) is 12.8. The summed E-state index contributed by atoms with van der Waals surface area (Å²) < 4.78 is 0. The fourth-order valence-electron chi connectivity index (χ4n) is 3.69. The fraction of sp³-hybridized carbons (Fsp3) is 0.778. The molecule has 1 saturated carbocycles. The lowest BCUT2D eigenvalue weighted by Gasteiger charge is -2.13. The standard InChI is InChI=1S/C18H30/c1-3-7-15(4-2)10-11-16-12-13-18(14-16)17-8-5-6-9-17/h12,14-15,17H,3-11,13H2,1-2H3. The highest BCUT2D eigenvalue weighted by molar-refractivity contribution is 5.34. The van der Waals surface area contributed by atoms with Crippen molar-refractivity contribution >= 4 is 0 Å². The molecule has 0 amide bonds. The first kappa shape index (κ1) is 13.9. The Labute approximate surface area is 114 Å². The van der Waals surface area contributed by atoms with Crippen molar-refractivity contribution in [3.05, 3.63) is 23.3 Å². The summed E-state index contributed by atoms with van der Waals surface area (Å²) in [4.78, 5) is 0. The third kappa shape index (κ3) is 3.73. The number of hydrogen-bond acceptors (Lipinski definition) is 0. The van der Waals surface area contributed by atoms with E-state index in [1.807, 2.05) is 0 Å². The Morgan fingerprint density at radius 3 is 2.61 bits per heavy atom. The van der Waals surface area contributed by atoms with Gasteiger partial charge in [-0.15, -0.1) is 0 Å². The Hall–Kier alpha value is -0.520. The maximum Gasteiger partial charge on any atom is -0.0127 e. The largest absolute Gasteiger partial charge is 0.0772 e. The molecular weight excluding hydrogens is 216 g/mol. The molecular formula is C18H30. The van der Waals surface area contributed by atoms with Gasteiger partial charge in [-0.1, -0.05) is 69.2 Å². The second-order valence-electron chi connectivity index (χ2n) is 6.29. The molecule has 102 valence electrons. The van der Waals surface area contributed by atoms with Crippen LogP contribution in [-0.2, 0) is 0 Å². The molecule has 0 radical (unpaired) electrons. The van der Waals surface area contributed by atoms with Crippen LogP contribution in [0.25, 0.3) is 0 Å². The molecule has 0 bridgehead atoms. The Bertz CT molecular complexity index is 302. The highest BCUT2D eigenvalue weighted by Gasteiger charge is 2.21. The SMILES string of the molecule is CCCC(CC)CCC1=CCC(C2CCCC2)=C1. The van der Waals surface area contributed by atoms with E-state index in [1.165, 1.54) is 64.2 Å². The molecule has 0 aliphatic heterocycles. The van der Waals surface area contributed by atoms with Gasteiger partial charge in [-0.25, -0.2) is 0 Å². The molecule has 1 atom stereocenters. The lowest BCUT2D eigenvalue weighted by Crippen LogP contribution is -1.98. The first-order chi connectivity index (χ1) is 8.83. The number of rotatable bonds is 7. The molecule has 0 aromatic rings. The van der Waals surface area contributed by atoms with Gasteiger partial charge in [0.25, 0.3) is 0 Å². The van der Waals surface area contributed by atoms with Crippen molar-refractivity contribution < 1.29 is 0 Å². The van der Waals surface area contributed by atoms with Gasteiger partial charge in [0.15, 0.2) is 0 Å². The molecule has 0 heterocycles. The minimum absolute atomic E-state index is 0.941. The molecule has 2 aliphatic carbocycles. The van der Waals surface area contributed by atoms with Crippen molar-refractivity contribution in [1.29, 1.82) is 0 Å². The Balaban J connectivity index is 1.76. The van der Waals surface area contributed by atoms with Crippen LogP contribution in [0.5, 0.6) is 0 Å². The molecule has 0 heteroatoms. The Morgan fingerprint density at radius 1 is 1.17 bits per heavy atom. The molecule has 2 aliphatic rings. The summed E-state index contributed by atoms with van der Waals surface area (Å²) in [7, 11) is 0. The van der Waals surface area contributed by atoms with Crippen molar-refractivity contribution in [2.75, 3.05) is 0 Å². The minimum Gasteiger partial charge on any atom is -0.0772 e. The zero-order valence-corrected chi connectivity index (χ0v) is 12.4. The summed E-state index contributed by atoms with van der Waals surface area (Å²) in [5.41, 5.74) is 3.40. The van der Waals surface area contributed by atoms with Crippen LogP contribution >= 0.6 is 0 Å². The van der Waals surface area contributed by atoms with E-state index in [0.717, 1.165) is 11.8 Å². The smallest absolute Gasteiger partial charge is 0.0127 e. The number of allylic oxidation sites excluding steroid dienone is 4. The maximum absolute atomic E-state index is 2.55. The van der Waals surface area contributed by atoms with Crippen LogP contribution in [0.4, 0.5) is 0 Å². The van der Waals surface area contributed by atoms with E-state index in [-0.39, 0.29) is 0 Å². The third-order valence-electron chi connectivity index (χ3n) is 4.97. The van der Waals surface area contributed by atoms with Crippen molar-refractivity contribution in [3.8, 4) is 0 Å². The van der Waals surface area contributed by atoms with Gasteiger partial charge in [-0.2, -0.15) is 0 Å².